The highest BCUT2D eigenvalue weighted by molar-refractivity contribution is 6.31. The van der Waals surface area contributed by atoms with Gasteiger partial charge in [-0.2, -0.15) is 0 Å². The molecule has 0 aliphatic heterocycles. The summed E-state index contributed by atoms with van der Waals surface area (Å²) in [5.74, 6) is -2.70. The summed E-state index contributed by atoms with van der Waals surface area (Å²) in [4.78, 5) is 12.7. The topological polar surface area (TPSA) is 68.0 Å². The first-order valence-corrected chi connectivity index (χ1v) is 9.30. The number of halogens is 3. The van der Waals surface area contributed by atoms with Crippen LogP contribution >= 0.6 is 11.6 Å². The number of carbonyl (C=O) groups excluding carboxylic acids is 1. The third-order valence-electron chi connectivity index (χ3n) is 4.39. The number of aromatic nitrogens is 2. The number of carbonyl (C=O) groups is 1. The third-order valence-corrected chi connectivity index (χ3v) is 4.73. The van der Waals surface area contributed by atoms with Gasteiger partial charge in [-0.3, -0.25) is 4.79 Å². The largest absolute Gasteiger partial charge is 0.418 e. The minimum absolute atomic E-state index is 0.0204. The van der Waals surface area contributed by atoms with Crippen LogP contribution in [-0.4, -0.2) is 16.1 Å². The van der Waals surface area contributed by atoms with Gasteiger partial charge in [0.1, 0.15) is 23.2 Å². The van der Waals surface area contributed by atoms with Crippen molar-refractivity contribution in [1.82, 2.24) is 15.5 Å². The SMILES string of the molecule is O=C(N[C@H](c1nnc(-c2ccccc2)o1)c1ccccc1Cl)c1c(F)cccc1F. The van der Waals surface area contributed by atoms with Crippen LogP contribution in [0, 0.1) is 11.6 Å². The maximum Gasteiger partial charge on any atom is 0.258 e. The van der Waals surface area contributed by atoms with E-state index < -0.39 is 29.1 Å². The number of amides is 1. The van der Waals surface area contributed by atoms with Crippen LogP contribution in [-0.2, 0) is 0 Å². The summed E-state index contributed by atoms with van der Waals surface area (Å²) in [6.45, 7) is 0. The number of nitrogens with zero attached hydrogens (tertiary/aromatic N) is 2. The maximum atomic E-state index is 14.1. The fourth-order valence-corrected chi connectivity index (χ4v) is 3.19. The quantitative estimate of drug-likeness (QED) is 0.478. The zero-order valence-corrected chi connectivity index (χ0v) is 16.1. The van der Waals surface area contributed by atoms with Crippen LogP contribution in [0.1, 0.15) is 27.9 Å². The molecule has 150 valence electrons. The van der Waals surface area contributed by atoms with Crippen LogP contribution in [0.15, 0.2) is 77.2 Å². The average molecular weight is 426 g/mol. The highest BCUT2D eigenvalue weighted by atomic mass is 35.5. The maximum absolute atomic E-state index is 14.1. The van der Waals surface area contributed by atoms with E-state index in [9.17, 15) is 13.6 Å². The standard InChI is InChI=1S/C22H14ClF2N3O2/c23-15-10-5-4-9-14(15)19(26-20(29)18-16(24)11-6-12-17(18)25)22-28-27-21(30-22)13-7-2-1-3-8-13/h1-12,19H,(H,26,29)/t19-/m0/s1. The fraction of sp³-hybridized carbons (Fsp3) is 0.0455. The van der Waals surface area contributed by atoms with E-state index >= 15 is 0 Å². The molecule has 4 aromatic rings. The van der Waals surface area contributed by atoms with E-state index in [1.54, 1.807) is 36.4 Å². The Balaban J connectivity index is 1.74. The normalized spacial score (nSPS) is 11.8. The Morgan fingerprint density at radius 3 is 2.27 bits per heavy atom. The van der Waals surface area contributed by atoms with Crippen LogP contribution in [0.2, 0.25) is 5.02 Å². The first-order valence-electron chi connectivity index (χ1n) is 8.92. The molecular weight excluding hydrogens is 412 g/mol. The molecule has 0 saturated heterocycles. The minimum Gasteiger partial charge on any atom is -0.418 e. The molecule has 1 heterocycles. The molecule has 3 aromatic carbocycles. The highest BCUT2D eigenvalue weighted by Gasteiger charge is 2.28. The van der Waals surface area contributed by atoms with E-state index in [0.29, 0.717) is 16.1 Å². The number of rotatable bonds is 5. The zero-order valence-electron chi connectivity index (χ0n) is 15.4. The Kier molecular flexibility index (Phi) is 5.54. The second kappa shape index (κ2) is 8.42. The number of hydrogen-bond acceptors (Lipinski definition) is 4. The predicted octanol–water partition coefficient (Wildman–Crippen LogP) is 5.19. The van der Waals surface area contributed by atoms with Gasteiger partial charge >= 0.3 is 0 Å². The molecule has 1 N–H and O–H groups in total. The molecule has 1 atom stereocenters. The van der Waals surface area contributed by atoms with Crippen LogP contribution in [0.5, 0.6) is 0 Å². The molecule has 0 saturated carbocycles. The van der Waals surface area contributed by atoms with Crippen molar-refractivity contribution in [1.29, 1.82) is 0 Å². The third kappa shape index (κ3) is 3.92. The number of hydrogen-bond donors (Lipinski definition) is 1. The van der Waals surface area contributed by atoms with Gasteiger partial charge in [0.2, 0.25) is 11.8 Å². The zero-order chi connectivity index (χ0) is 21.1. The van der Waals surface area contributed by atoms with Crippen molar-refractivity contribution in [2.24, 2.45) is 0 Å². The van der Waals surface area contributed by atoms with Crippen molar-refractivity contribution in [2.75, 3.05) is 0 Å². The lowest BCUT2D eigenvalue weighted by molar-refractivity contribution is 0.0929. The lowest BCUT2D eigenvalue weighted by Gasteiger charge is -2.17. The Morgan fingerprint density at radius 2 is 1.57 bits per heavy atom. The fourth-order valence-electron chi connectivity index (χ4n) is 2.95. The van der Waals surface area contributed by atoms with Crippen molar-refractivity contribution in [3.63, 3.8) is 0 Å². The van der Waals surface area contributed by atoms with E-state index in [-0.39, 0.29) is 11.8 Å². The van der Waals surface area contributed by atoms with E-state index in [2.05, 4.69) is 15.5 Å². The lowest BCUT2D eigenvalue weighted by atomic mass is 10.1. The van der Waals surface area contributed by atoms with Gasteiger partial charge in [-0.25, -0.2) is 8.78 Å². The van der Waals surface area contributed by atoms with Crippen molar-refractivity contribution in [2.45, 2.75) is 6.04 Å². The average Bonchev–Trinajstić information content (AvgIpc) is 3.23. The summed E-state index contributed by atoms with van der Waals surface area (Å²) < 4.78 is 33.9. The molecule has 0 aliphatic rings. The summed E-state index contributed by atoms with van der Waals surface area (Å²) in [5.41, 5.74) is 0.408. The predicted molar refractivity (Wildman–Crippen MR) is 107 cm³/mol. The summed E-state index contributed by atoms with van der Waals surface area (Å²) in [5, 5.41) is 10.9. The monoisotopic (exact) mass is 425 g/mol. The Labute approximate surface area is 175 Å². The minimum atomic E-state index is -1.02. The van der Waals surface area contributed by atoms with Crippen molar-refractivity contribution >= 4 is 17.5 Å². The molecule has 0 fully saturated rings. The van der Waals surface area contributed by atoms with Crippen molar-refractivity contribution in [3.8, 4) is 11.5 Å². The first-order chi connectivity index (χ1) is 14.5. The van der Waals surface area contributed by atoms with Crippen LogP contribution in [0.25, 0.3) is 11.5 Å². The van der Waals surface area contributed by atoms with Gasteiger partial charge in [-0.05, 0) is 30.3 Å². The van der Waals surface area contributed by atoms with E-state index in [0.717, 1.165) is 12.1 Å². The molecular formula is C22H14ClF2N3O2. The summed E-state index contributed by atoms with van der Waals surface area (Å²) in [6.07, 6.45) is 0. The van der Waals surface area contributed by atoms with Gasteiger partial charge in [-0.15, -0.1) is 10.2 Å². The Hall–Kier alpha value is -3.58. The van der Waals surface area contributed by atoms with Crippen LogP contribution in [0.3, 0.4) is 0 Å². The molecule has 1 amide bonds. The van der Waals surface area contributed by atoms with E-state index in [1.807, 2.05) is 18.2 Å². The van der Waals surface area contributed by atoms with E-state index in [1.165, 1.54) is 6.07 Å². The van der Waals surface area contributed by atoms with Gasteiger partial charge in [-0.1, -0.05) is 54.1 Å². The van der Waals surface area contributed by atoms with Crippen LogP contribution in [0.4, 0.5) is 8.78 Å². The molecule has 5 nitrogen and oxygen atoms in total. The molecule has 1 aromatic heterocycles. The van der Waals surface area contributed by atoms with Gasteiger partial charge in [0, 0.05) is 16.1 Å². The molecule has 0 aliphatic carbocycles. The second-order valence-corrected chi connectivity index (χ2v) is 6.74. The van der Waals surface area contributed by atoms with Crippen molar-refractivity contribution < 1.29 is 18.0 Å². The Morgan fingerprint density at radius 1 is 0.900 bits per heavy atom. The summed E-state index contributed by atoms with van der Waals surface area (Å²) in [7, 11) is 0. The van der Waals surface area contributed by atoms with Gasteiger partial charge in [0.05, 0.1) is 0 Å². The molecule has 4 rings (SSSR count). The molecule has 0 radical (unpaired) electrons. The lowest BCUT2D eigenvalue weighted by Crippen LogP contribution is -2.31. The first kappa shape index (κ1) is 19.7. The summed E-state index contributed by atoms with van der Waals surface area (Å²) in [6, 6.07) is 17.9. The Bertz CT molecular complexity index is 1180. The van der Waals surface area contributed by atoms with E-state index in [4.69, 9.17) is 16.0 Å². The van der Waals surface area contributed by atoms with Crippen molar-refractivity contribution in [3.05, 3.63) is 106 Å². The summed E-state index contributed by atoms with van der Waals surface area (Å²) >= 11 is 6.30. The molecule has 0 bridgehead atoms. The molecule has 8 heteroatoms. The second-order valence-electron chi connectivity index (χ2n) is 6.34. The van der Waals surface area contributed by atoms with Crippen LogP contribution < -0.4 is 5.32 Å². The highest BCUT2D eigenvalue weighted by Crippen LogP contribution is 2.30. The number of benzene rings is 3. The molecule has 30 heavy (non-hydrogen) atoms. The molecule has 0 unspecified atom stereocenters. The van der Waals surface area contributed by atoms with Gasteiger partial charge in [0.15, 0.2) is 0 Å². The smallest absolute Gasteiger partial charge is 0.258 e. The van der Waals surface area contributed by atoms with Gasteiger partial charge < -0.3 is 9.73 Å². The van der Waals surface area contributed by atoms with Gasteiger partial charge in [0.25, 0.3) is 5.91 Å². The molecule has 0 spiro atoms. The number of nitrogens with one attached hydrogen (secondary N) is 1.